The summed E-state index contributed by atoms with van der Waals surface area (Å²) >= 11 is 0. The largest absolute Gasteiger partial charge is 0.416 e. The predicted molar refractivity (Wildman–Crippen MR) is 119 cm³/mol. The SMILES string of the molecule is CCN(CC)C1CCCC(COCc2cc(C(F)(F)F)cc(C(F)(F)F)c2)(c2ccccc2)C1. The van der Waals surface area contributed by atoms with Crippen molar-refractivity contribution in [3.05, 3.63) is 70.8 Å². The molecule has 34 heavy (non-hydrogen) atoms. The molecule has 2 aromatic carbocycles. The Morgan fingerprint density at radius 1 is 0.912 bits per heavy atom. The van der Waals surface area contributed by atoms with Crippen LogP contribution in [-0.2, 0) is 29.1 Å². The highest BCUT2D eigenvalue weighted by atomic mass is 19.4. The molecule has 0 saturated heterocycles. The number of ether oxygens (including phenoxy) is 1. The number of alkyl halides is 6. The molecule has 0 N–H and O–H groups in total. The summed E-state index contributed by atoms with van der Waals surface area (Å²) in [6, 6.07) is 11.8. The molecule has 188 valence electrons. The Kier molecular flexibility index (Phi) is 8.34. The number of halogens is 6. The average Bonchev–Trinajstić information content (AvgIpc) is 2.79. The Balaban J connectivity index is 1.84. The summed E-state index contributed by atoms with van der Waals surface area (Å²) in [5.74, 6) is 0. The van der Waals surface area contributed by atoms with Crippen molar-refractivity contribution >= 4 is 0 Å². The van der Waals surface area contributed by atoms with Crippen molar-refractivity contribution < 1.29 is 31.1 Å². The van der Waals surface area contributed by atoms with Gasteiger partial charge in [0.15, 0.2) is 0 Å². The van der Waals surface area contributed by atoms with E-state index < -0.39 is 23.5 Å². The monoisotopic (exact) mass is 487 g/mol. The van der Waals surface area contributed by atoms with Crippen LogP contribution in [-0.4, -0.2) is 30.6 Å². The van der Waals surface area contributed by atoms with E-state index in [0.717, 1.165) is 56.5 Å². The molecule has 8 heteroatoms. The lowest BCUT2D eigenvalue weighted by Crippen LogP contribution is -2.46. The molecule has 1 fully saturated rings. The maximum absolute atomic E-state index is 13.2. The van der Waals surface area contributed by atoms with Crippen molar-refractivity contribution in [2.75, 3.05) is 19.7 Å². The zero-order valence-electron chi connectivity index (χ0n) is 19.5. The van der Waals surface area contributed by atoms with E-state index in [1.807, 2.05) is 30.3 Å². The van der Waals surface area contributed by atoms with Crippen molar-refractivity contribution in [2.24, 2.45) is 0 Å². The van der Waals surface area contributed by atoms with Crippen molar-refractivity contribution in [3.63, 3.8) is 0 Å². The van der Waals surface area contributed by atoms with E-state index in [9.17, 15) is 26.3 Å². The number of rotatable bonds is 8. The van der Waals surface area contributed by atoms with Gasteiger partial charge in [-0.25, -0.2) is 0 Å². The Bertz CT molecular complexity index is 891. The van der Waals surface area contributed by atoms with Crippen LogP contribution in [0.25, 0.3) is 0 Å². The first-order valence-corrected chi connectivity index (χ1v) is 11.6. The summed E-state index contributed by atoms with van der Waals surface area (Å²) in [5, 5.41) is 0. The first-order chi connectivity index (χ1) is 16.0. The molecular formula is C26H31F6NO. The van der Waals surface area contributed by atoms with Gasteiger partial charge in [-0.2, -0.15) is 26.3 Å². The van der Waals surface area contributed by atoms with E-state index >= 15 is 0 Å². The first-order valence-electron chi connectivity index (χ1n) is 11.6. The molecule has 0 heterocycles. The van der Waals surface area contributed by atoms with Crippen molar-refractivity contribution in [1.82, 2.24) is 4.90 Å². The van der Waals surface area contributed by atoms with Crippen LogP contribution in [0.1, 0.15) is 61.8 Å². The Morgan fingerprint density at radius 2 is 1.50 bits per heavy atom. The molecule has 1 aliphatic carbocycles. The molecule has 0 bridgehead atoms. The molecule has 0 radical (unpaired) electrons. The van der Waals surface area contributed by atoms with Gasteiger partial charge < -0.3 is 9.64 Å². The quantitative estimate of drug-likeness (QED) is 0.358. The van der Waals surface area contributed by atoms with Crippen LogP contribution >= 0.6 is 0 Å². The van der Waals surface area contributed by atoms with E-state index in [0.29, 0.717) is 6.04 Å². The van der Waals surface area contributed by atoms with Gasteiger partial charge in [-0.05, 0) is 61.7 Å². The highest BCUT2D eigenvalue weighted by Gasteiger charge is 2.40. The van der Waals surface area contributed by atoms with Gasteiger partial charge in [0.05, 0.1) is 24.3 Å². The fraction of sp³-hybridized carbons (Fsp3) is 0.538. The summed E-state index contributed by atoms with van der Waals surface area (Å²) in [6.45, 7) is 5.97. The topological polar surface area (TPSA) is 12.5 Å². The van der Waals surface area contributed by atoms with Gasteiger partial charge >= 0.3 is 12.4 Å². The Morgan fingerprint density at radius 3 is 2.03 bits per heavy atom. The highest BCUT2D eigenvalue weighted by Crippen LogP contribution is 2.42. The molecule has 2 atom stereocenters. The standard InChI is InChI=1S/C26H31F6NO/c1-3-33(4-2)23-11-8-12-24(16-23,20-9-6-5-7-10-20)18-34-17-19-13-21(25(27,28)29)15-22(14-19)26(30,31)32/h5-7,9-10,13-15,23H,3-4,8,11-12,16-18H2,1-2H3. The molecule has 0 amide bonds. The Labute approximate surface area is 196 Å². The maximum Gasteiger partial charge on any atom is 0.416 e. The lowest BCUT2D eigenvalue weighted by atomic mass is 9.68. The molecule has 0 aromatic heterocycles. The van der Waals surface area contributed by atoms with E-state index in [4.69, 9.17) is 4.74 Å². The van der Waals surface area contributed by atoms with Crippen molar-refractivity contribution in [2.45, 2.75) is 69.9 Å². The fourth-order valence-corrected chi connectivity index (χ4v) is 5.12. The molecule has 3 rings (SSSR count). The fourth-order valence-electron chi connectivity index (χ4n) is 5.12. The van der Waals surface area contributed by atoms with Crippen LogP contribution in [0, 0.1) is 0 Å². The maximum atomic E-state index is 13.2. The van der Waals surface area contributed by atoms with Crippen LogP contribution in [0.2, 0.25) is 0 Å². The summed E-state index contributed by atoms with van der Waals surface area (Å²) in [7, 11) is 0. The van der Waals surface area contributed by atoms with Crippen molar-refractivity contribution in [1.29, 1.82) is 0 Å². The molecule has 2 aromatic rings. The zero-order valence-corrected chi connectivity index (χ0v) is 19.5. The van der Waals surface area contributed by atoms with E-state index in [1.54, 1.807) is 0 Å². The van der Waals surface area contributed by atoms with Crippen LogP contribution in [0.5, 0.6) is 0 Å². The summed E-state index contributed by atoms with van der Waals surface area (Å²) < 4.78 is 85.1. The van der Waals surface area contributed by atoms with E-state index in [1.165, 1.54) is 0 Å². The number of hydrogen-bond acceptors (Lipinski definition) is 2. The first kappa shape index (κ1) is 26.5. The molecule has 2 nitrogen and oxygen atoms in total. The minimum absolute atomic E-state index is 0.138. The molecule has 1 saturated carbocycles. The highest BCUT2D eigenvalue weighted by molar-refractivity contribution is 5.33. The van der Waals surface area contributed by atoms with Gasteiger partial charge in [0.1, 0.15) is 0 Å². The third-order valence-electron chi connectivity index (χ3n) is 6.83. The Hall–Kier alpha value is -2.06. The van der Waals surface area contributed by atoms with Crippen LogP contribution in [0.15, 0.2) is 48.5 Å². The smallest absolute Gasteiger partial charge is 0.376 e. The summed E-state index contributed by atoms with van der Waals surface area (Å²) in [5.41, 5.74) is -2.04. The van der Waals surface area contributed by atoms with E-state index in [2.05, 4.69) is 18.7 Å². The summed E-state index contributed by atoms with van der Waals surface area (Å²) in [6.07, 6.45) is -6.04. The minimum Gasteiger partial charge on any atom is -0.376 e. The molecule has 0 aliphatic heterocycles. The van der Waals surface area contributed by atoms with Crippen molar-refractivity contribution in [3.8, 4) is 0 Å². The third kappa shape index (κ3) is 6.33. The van der Waals surface area contributed by atoms with Crippen LogP contribution < -0.4 is 0 Å². The third-order valence-corrected chi connectivity index (χ3v) is 6.83. The van der Waals surface area contributed by atoms with Gasteiger partial charge in [0.2, 0.25) is 0 Å². The predicted octanol–water partition coefficient (Wildman–Crippen LogP) is 7.46. The lowest BCUT2D eigenvalue weighted by molar-refractivity contribution is -0.143. The molecular weight excluding hydrogens is 456 g/mol. The van der Waals surface area contributed by atoms with E-state index in [-0.39, 0.29) is 30.3 Å². The normalized spacial score (nSPS) is 21.7. The van der Waals surface area contributed by atoms with Gasteiger partial charge in [-0.1, -0.05) is 50.6 Å². The zero-order chi connectivity index (χ0) is 25.0. The molecule has 0 spiro atoms. The number of nitrogens with zero attached hydrogens (tertiary/aromatic N) is 1. The lowest BCUT2D eigenvalue weighted by Gasteiger charge is -2.45. The van der Waals surface area contributed by atoms with Crippen LogP contribution in [0.4, 0.5) is 26.3 Å². The average molecular weight is 488 g/mol. The second kappa shape index (κ2) is 10.7. The van der Waals surface area contributed by atoms with Gasteiger partial charge in [-0.15, -0.1) is 0 Å². The van der Waals surface area contributed by atoms with Gasteiger partial charge in [-0.3, -0.25) is 0 Å². The van der Waals surface area contributed by atoms with Gasteiger partial charge in [0, 0.05) is 11.5 Å². The summed E-state index contributed by atoms with van der Waals surface area (Å²) in [4.78, 5) is 2.40. The number of benzene rings is 2. The minimum atomic E-state index is -4.87. The second-order valence-electron chi connectivity index (χ2n) is 9.02. The molecule has 2 unspecified atom stereocenters. The second-order valence-corrected chi connectivity index (χ2v) is 9.02. The molecule has 1 aliphatic rings. The number of hydrogen-bond donors (Lipinski definition) is 0. The van der Waals surface area contributed by atoms with Gasteiger partial charge in [0.25, 0.3) is 0 Å². The van der Waals surface area contributed by atoms with Crippen LogP contribution in [0.3, 0.4) is 0 Å².